The summed E-state index contributed by atoms with van der Waals surface area (Å²) in [4.78, 5) is 12.9. The van der Waals surface area contributed by atoms with Crippen LogP contribution in [0.1, 0.15) is 33.3 Å². The van der Waals surface area contributed by atoms with Crippen molar-refractivity contribution in [1.82, 2.24) is 0 Å². The summed E-state index contributed by atoms with van der Waals surface area (Å²) in [5.41, 5.74) is 0.884. The van der Waals surface area contributed by atoms with E-state index in [2.05, 4.69) is 0 Å². The van der Waals surface area contributed by atoms with Gasteiger partial charge in [0.1, 0.15) is 12.2 Å². The normalized spacial score (nSPS) is 36.8. The number of hydrogen-bond acceptors (Lipinski definition) is 6. The molecule has 3 fully saturated rings. The van der Waals surface area contributed by atoms with Crippen molar-refractivity contribution in [2.75, 3.05) is 6.61 Å². The predicted octanol–water partition coefficient (Wildman–Crippen LogP) is 2.67. The van der Waals surface area contributed by atoms with Crippen LogP contribution in [0.25, 0.3) is 6.08 Å². The van der Waals surface area contributed by atoms with Gasteiger partial charge in [-0.2, -0.15) is 0 Å². The Morgan fingerprint density at radius 1 is 0.962 bits per heavy atom. The van der Waals surface area contributed by atoms with Crippen LogP contribution in [0.5, 0.6) is 0 Å². The van der Waals surface area contributed by atoms with E-state index in [4.69, 9.17) is 23.7 Å². The Morgan fingerprint density at radius 2 is 1.69 bits per heavy atom. The second kappa shape index (κ2) is 6.16. The van der Waals surface area contributed by atoms with E-state index >= 15 is 0 Å². The van der Waals surface area contributed by atoms with Gasteiger partial charge in [0.2, 0.25) is 5.78 Å². The highest BCUT2D eigenvalue weighted by molar-refractivity contribution is 6.02. The van der Waals surface area contributed by atoms with Gasteiger partial charge in [-0.25, -0.2) is 0 Å². The van der Waals surface area contributed by atoms with E-state index in [0.717, 1.165) is 5.56 Å². The Balaban J connectivity index is 1.66. The summed E-state index contributed by atoms with van der Waals surface area (Å²) in [7, 11) is 0. The molecule has 140 valence electrons. The number of benzene rings is 1. The molecule has 0 radical (unpaired) electrons. The lowest BCUT2D eigenvalue weighted by atomic mass is 9.95. The third kappa shape index (κ3) is 3.30. The molecular formula is C20H24O6. The fraction of sp³-hybridized carbons (Fsp3) is 0.550. The smallest absolute Gasteiger partial charge is 0.228 e. The van der Waals surface area contributed by atoms with E-state index in [1.807, 2.05) is 44.2 Å². The highest BCUT2D eigenvalue weighted by atomic mass is 16.8. The highest BCUT2D eigenvalue weighted by Gasteiger charge is 2.57. The van der Waals surface area contributed by atoms with Crippen LogP contribution in [0.2, 0.25) is 0 Å². The van der Waals surface area contributed by atoms with Crippen LogP contribution >= 0.6 is 0 Å². The van der Waals surface area contributed by atoms with Crippen LogP contribution in [-0.4, -0.2) is 48.4 Å². The average molecular weight is 360 g/mol. The number of ketones is 1. The lowest BCUT2D eigenvalue weighted by Gasteiger charge is -2.35. The van der Waals surface area contributed by atoms with E-state index in [9.17, 15) is 4.79 Å². The van der Waals surface area contributed by atoms with Gasteiger partial charge < -0.3 is 23.7 Å². The van der Waals surface area contributed by atoms with Crippen molar-refractivity contribution in [3.8, 4) is 0 Å². The zero-order chi connectivity index (χ0) is 18.5. The van der Waals surface area contributed by atoms with E-state index in [-0.39, 0.29) is 17.6 Å². The van der Waals surface area contributed by atoms with E-state index < -0.39 is 29.9 Å². The van der Waals surface area contributed by atoms with Gasteiger partial charge in [0.15, 0.2) is 29.5 Å². The molecule has 1 aromatic rings. The van der Waals surface area contributed by atoms with Crippen LogP contribution in [0, 0.1) is 0 Å². The topological polar surface area (TPSA) is 63.2 Å². The zero-order valence-corrected chi connectivity index (χ0v) is 15.4. The minimum Gasteiger partial charge on any atom is -0.481 e. The molecule has 3 saturated heterocycles. The number of hydrogen-bond donors (Lipinski definition) is 0. The maximum atomic E-state index is 12.9. The van der Waals surface area contributed by atoms with Gasteiger partial charge in [-0.15, -0.1) is 0 Å². The minimum absolute atomic E-state index is 0.209. The molecule has 6 heteroatoms. The molecule has 6 nitrogen and oxygen atoms in total. The summed E-state index contributed by atoms with van der Waals surface area (Å²) in [5.74, 6) is -1.50. The predicted molar refractivity (Wildman–Crippen MR) is 93.0 cm³/mol. The molecule has 4 atom stereocenters. The quantitative estimate of drug-likeness (QED) is 0.756. The Kier molecular flexibility index (Phi) is 4.19. The number of carbonyl (C=O) groups is 1. The molecule has 4 rings (SSSR count). The molecule has 0 bridgehead atoms. The van der Waals surface area contributed by atoms with Crippen molar-refractivity contribution in [3.05, 3.63) is 41.7 Å². The van der Waals surface area contributed by atoms with Crippen LogP contribution in [0.3, 0.4) is 0 Å². The zero-order valence-electron chi connectivity index (χ0n) is 15.4. The molecule has 0 spiro atoms. The molecule has 3 heterocycles. The molecule has 0 saturated carbocycles. The third-order valence-corrected chi connectivity index (χ3v) is 4.71. The first-order chi connectivity index (χ1) is 12.2. The standard InChI is InChI=1S/C20H24O6/c1-19(2)22-11-14(24-19)16-18-17(25-20(3,4)26-18)15(21)13(23-16)10-12-8-6-5-7-9-12/h5-10,14,16-18H,11H2,1-4H3/b13-10-/t14-,16+,17+,18-/m0/s1. The van der Waals surface area contributed by atoms with Gasteiger partial charge in [-0.3, -0.25) is 4.79 Å². The first-order valence-electron chi connectivity index (χ1n) is 8.89. The maximum Gasteiger partial charge on any atom is 0.228 e. The number of Topliss-reactive ketones (excluding diaryl/α,β-unsaturated/α-hetero) is 1. The summed E-state index contributed by atoms with van der Waals surface area (Å²) < 4.78 is 29.6. The molecule has 0 aromatic heterocycles. The highest BCUT2D eigenvalue weighted by Crippen LogP contribution is 2.40. The molecule has 0 aliphatic carbocycles. The Labute approximate surface area is 153 Å². The van der Waals surface area contributed by atoms with E-state index in [0.29, 0.717) is 6.61 Å². The van der Waals surface area contributed by atoms with Gasteiger partial charge in [-0.1, -0.05) is 30.3 Å². The van der Waals surface area contributed by atoms with Crippen LogP contribution in [0.4, 0.5) is 0 Å². The van der Waals surface area contributed by atoms with Crippen LogP contribution in [-0.2, 0) is 28.5 Å². The molecule has 3 aliphatic heterocycles. The fourth-order valence-corrected chi connectivity index (χ4v) is 3.61. The van der Waals surface area contributed by atoms with Gasteiger partial charge in [0.25, 0.3) is 0 Å². The molecule has 1 aromatic carbocycles. The lowest BCUT2D eigenvalue weighted by Crippen LogP contribution is -2.53. The second-order valence-corrected chi connectivity index (χ2v) is 7.75. The first-order valence-corrected chi connectivity index (χ1v) is 8.89. The van der Waals surface area contributed by atoms with Crippen molar-refractivity contribution in [3.63, 3.8) is 0 Å². The molecule has 0 unspecified atom stereocenters. The summed E-state index contributed by atoms with van der Waals surface area (Å²) in [5, 5.41) is 0. The van der Waals surface area contributed by atoms with Crippen molar-refractivity contribution >= 4 is 11.9 Å². The van der Waals surface area contributed by atoms with E-state index in [1.165, 1.54) is 0 Å². The van der Waals surface area contributed by atoms with Gasteiger partial charge in [-0.05, 0) is 39.3 Å². The number of fused-ring (bicyclic) bond motifs is 1. The molecule has 0 amide bonds. The monoisotopic (exact) mass is 360 g/mol. The van der Waals surface area contributed by atoms with Crippen molar-refractivity contribution < 1.29 is 28.5 Å². The van der Waals surface area contributed by atoms with Gasteiger partial charge in [0, 0.05) is 0 Å². The van der Waals surface area contributed by atoms with Crippen LogP contribution < -0.4 is 0 Å². The van der Waals surface area contributed by atoms with E-state index in [1.54, 1.807) is 19.9 Å². The summed E-state index contributed by atoms with van der Waals surface area (Å²) in [6.45, 7) is 7.68. The summed E-state index contributed by atoms with van der Waals surface area (Å²) in [6, 6.07) is 9.58. The van der Waals surface area contributed by atoms with Gasteiger partial charge >= 0.3 is 0 Å². The molecule has 0 N–H and O–H groups in total. The van der Waals surface area contributed by atoms with Crippen LogP contribution in [0.15, 0.2) is 36.1 Å². The van der Waals surface area contributed by atoms with Crippen molar-refractivity contribution in [2.24, 2.45) is 0 Å². The van der Waals surface area contributed by atoms with Gasteiger partial charge in [0.05, 0.1) is 6.61 Å². The average Bonchev–Trinajstić information content (AvgIpc) is 3.10. The molecule has 3 aliphatic rings. The largest absolute Gasteiger partial charge is 0.481 e. The fourth-order valence-electron chi connectivity index (χ4n) is 3.61. The number of carbonyl (C=O) groups excluding carboxylic acids is 1. The SMILES string of the molecule is CC1(C)OC[C@@H]([C@H]2O/C(=C\c3ccccc3)C(=O)[C@H]3OC(C)(C)O[C@@H]23)O1. The Morgan fingerprint density at radius 3 is 2.35 bits per heavy atom. The summed E-state index contributed by atoms with van der Waals surface area (Å²) in [6.07, 6.45) is -0.348. The minimum atomic E-state index is -0.857. The Hall–Kier alpha value is -1.73. The number of rotatable bonds is 2. The molecule has 26 heavy (non-hydrogen) atoms. The number of ether oxygens (including phenoxy) is 5. The van der Waals surface area contributed by atoms with Crippen molar-refractivity contribution in [2.45, 2.75) is 63.7 Å². The Bertz CT molecular complexity index is 723. The molecular weight excluding hydrogens is 336 g/mol. The third-order valence-electron chi connectivity index (χ3n) is 4.71. The maximum absolute atomic E-state index is 12.9. The van der Waals surface area contributed by atoms with Crippen molar-refractivity contribution in [1.29, 1.82) is 0 Å². The second-order valence-electron chi connectivity index (χ2n) is 7.75. The first kappa shape index (κ1) is 17.7. The lowest BCUT2D eigenvalue weighted by molar-refractivity contribution is -0.182. The summed E-state index contributed by atoms with van der Waals surface area (Å²) >= 11 is 0.